The number of hydrogen-bond acceptors (Lipinski definition) is 4. The van der Waals surface area contributed by atoms with Crippen LogP contribution in [0.25, 0.3) is 6.08 Å². The molecule has 0 bridgehead atoms. The van der Waals surface area contributed by atoms with Crippen molar-refractivity contribution in [2.24, 2.45) is 0 Å². The second-order valence-corrected chi connectivity index (χ2v) is 7.66. The van der Waals surface area contributed by atoms with E-state index in [2.05, 4.69) is 0 Å². The predicted octanol–water partition coefficient (Wildman–Crippen LogP) is 4.58. The number of nitrogens with zero attached hydrogens (tertiary/aromatic N) is 1. The van der Waals surface area contributed by atoms with Crippen LogP contribution in [0.15, 0.2) is 23.1 Å². The Morgan fingerprint density at radius 2 is 2.05 bits per heavy atom. The van der Waals surface area contributed by atoms with Gasteiger partial charge in [0.15, 0.2) is 0 Å². The Hall–Kier alpha value is -1.04. The average Bonchev–Trinajstić information content (AvgIpc) is 2.78. The Bertz CT molecular complexity index is 654. The summed E-state index contributed by atoms with van der Waals surface area (Å²) in [5, 5.41) is 10.4. The molecule has 1 aromatic carbocycles. The Morgan fingerprint density at radius 1 is 1.32 bits per heavy atom. The van der Waals surface area contributed by atoms with Gasteiger partial charge in [-0.2, -0.15) is 0 Å². The summed E-state index contributed by atoms with van der Waals surface area (Å²) < 4.78 is 0.615. The average molecular weight is 354 g/mol. The molecule has 1 N–H and O–H groups in total. The number of amides is 1. The highest BCUT2D eigenvalue weighted by molar-refractivity contribution is 8.26. The molecule has 2 aliphatic rings. The molecule has 22 heavy (non-hydrogen) atoms. The minimum atomic E-state index is -0.0544. The van der Waals surface area contributed by atoms with Crippen LogP contribution in [0.2, 0.25) is 5.02 Å². The molecule has 0 spiro atoms. The number of thioether (sulfide) groups is 1. The van der Waals surface area contributed by atoms with E-state index >= 15 is 0 Å². The van der Waals surface area contributed by atoms with Crippen LogP contribution in [0.3, 0.4) is 0 Å². The van der Waals surface area contributed by atoms with Crippen LogP contribution in [-0.4, -0.2) is 26.3 Å². The largest absolute Gasteiger partial charge is 0.507 e. The van der Waals surface area contributed by atoms with Crippen LogP contribution in [0.5, 0.6) is 5.75 Å². The number of hydrogen-bond donors (Lipinski definition) is 1. The minimum Gasteiger partial charge on any atom is -0.507 e. The molecule has 1 saturated heterocycles. The predicted molar refractivity (Wildman–Crippen MR) is 95.0 cm³/mol. The van der Waals surface area contributed by atoms with Gasteiger partial charge in [0, 0.05) is 16.6 Å². The molecule has 0 radical (unpaired) electrons. The zero-order valence-corrected chi connectivity index (χ0v) is 14.3. The lowest BCUT2D eigenvalue weighted by atomic mass is 9.94. The number of carbonyl (C=O) groups is 1. The number of phenolic OH excluding ortho intramolecular Hbond substituents is 1. The van der Waals surface area contributed by atoms with Gasteiger partial charge in [-0.05, 0) is 37.1 Å². The second kappa shape index (κ2) is 6.60. The quantitative estimate of drug-likeness (QED) is 0.624. The third-order valence-corrected chi connectivity index (χ3v) is 5.61. The molecule has 6 heteroatoms. The van der Waals surface area contributed by atoms with Gasteiger partial charge in [-0.15, -0.1) is 0 Å². The molecule has 1 saturated carbocycles. The highest BCUT2D eigenvalue weighted by Crippen LogP contribution is 2.38. The summed E-state index contributed by atoms with van der Waals surface area (Å²) in [5.41, 5.74) is 0.539. The van der Waals surface area contributed by atoms with Crippen molar-refractivity contribution in [3.8, 4) is 5.75 Å². The van der Waals surface area contributed by atoms with Gasteiger partial charge >= 0.3 is 0 Å². The lowest BCUT2D eigenvalue weighted by Gasteiger charge is -2.29. The van der Waals surface area contributed by atoms with Crippen molar-refractivity contribution in [3.05, 3.63) is 33.7 Å². The summed E-state index contributed by atoms with van der Waals surface area (Å²) in [5.74, 6) is 0.0496. The first-order valence-corrected chi connectivity index (χ1v) is 8.92. The van der Waals surface area contributed by atoms with Gasteiger partial charge in [-0.25, -0.2) is 0 Å². The van der Waals surface area contributed by atoms with Gasteiger partial charge in [0.2, 0.25) is 0 Å². The number of benzene rings is 1. The fourth-order valence-electron chi connectivity index (χ4n) is 2.92. The van der Waals surface area contributed by atoms with Crippen molar-refractivity contribution >= 4 is 51.9 Å². The molecule has 0 aromatic heterocycles. The maximum Gasteiger partial charge on any atom is 0.266 e. The maximum atomic E-state index is 12.7. The van der Waals surface area contributed by atoms with E-state index in [-0.39, 0.29) is 17.7 Å². The first-order valence-electron chi connectivity index (χ1n) is 7.32. The molecule has 0 unspecified atom stereocenters. The van der Waals surface area contributed by atoms with E-state index in [1.807, 2.05) is 0 Å². The fraction of sp³-hybridized carbons (Fsp3) is 0.375. The molecular weight excluding hydrogens is 338 g/mol. The van der Waals surface area contributed by atoms with E-state index in [0.717, 1.165) is 25.7 Å². The van der Waals surface area contributed by atoms with E-state index in [1.54, 1.807) is 23.1 Å². The smallest absolute Gasteiger partial charge is 0.266 e. The van der Waals surface area contributed by atoms with Crippen molar-refractivity contribution in [3.63, 3.8) is 0 Å². The minimum absolute atomic E-state index is 0.0544. The third-order valence-electron chi connectivity index (χ3n) is 4.04. The number of thiocarbonyl (C=S) groups is 1. The lowest BCUT2D eigenvalue weighted by Crippen LogP contribution is -2.39. The monoisotopic (exact) mass is 353 g/mol. The highest BCUT2D eigenvalue weighted by atomic mass is 35.5. The molecule has 1 amide bonds. The SMILES string of the molecule is O=C1/C(=C\c2cc(Cl)ccc2O)SC(=S)N1C1CCCCC1. The van der Waals surface area contributed by atoms with E-state index in [1.165, 1.54) is 24.2 Å². The molecule has 3 nitrogen and oxygen atoms in total. The summed E-state index contributed by atoms with van der Waals surface area (Å²) in [6, 6.07) is 5.00. The topological polar surface area (TPSA) is 40.5 Å². The van der Waals surface area contributed by atoms with Crippen molar-refractivity contribution in [2.75, 3.05) is 0 Å². The summed E-state index contributed by atoms with van der Waals surface area (Å²) in [6.07, 6.45) is 7.23. The van der Waals surface area contributed by atoms with Gasteiger partial charge < -0.3 is 5.11 Å². The van der Waals surface area contributed by atoms with E-state index in [4.69, 9.17) is 23.8 Å². The van der Waals surface area contributed by atoms with Crippen molar-refractivity contribution in [1.29, 1.82) is 0 Å². The molecular formula is C16H16ClNO2S2. The van der Waals surface area contributed by atoms with Gasteiger partial charge in [0.1, 0.15) is 10.1 Å². The molecule has 1 heterocycles. The molecule has 1 aliphatic heterocycles. The molecule has 0 atom stereocenters. The number of rotatable bonds is 2. The summed E-state index contributed by atoms with van der Waals surface area (Å²) in [7, 11) is 0. The highest BCUT2D eigenvalue weighted by Gasteiger charge is 2.37. The normalized spacial score (nSPS) is 21.9. The van der Waals surface area contributed by atoms with Crippen LogP contribution in [0, 0.1) is 0 Å². The van der Waals surface area contributed by atoms with Crippen LogP contribution < -0.4 is 0 Å². The number of phenols is 1. The number of aromatic hydroxyl groups is 1. The molecule has 1 aromatic rings. The zero-order chi connectivity index (χ0) is 15.7. The summed E-state index contributed by atoms with van der Waals surface area (Å²) in [4.78, 5) is 15.0. The van der Waals surface area contributed by atoms with Gasteiger partial charge in [-0.3, -0.25) is 9.69 Å². The van der Waals surface area contributed by atoms with Crippen molar-refractivity contribution in [1.82, 2.24) is 4.90 Å². The number of carbonyl (C=O) groups excluding carboxylic acids is 1. The zero-order valence-electron chi connectivity index (χ0n) is 11.9. The standard InChI is InChI=1S/C16H16ClNO2S2/c17-11-6-7-13(19)10(8-11)9-14-15(20)18(16(21)22-14)12-4-2-1-3-5-12/h6-9,12,19H,1-5H2/b14-9+. The fourth-order valence-corrected chi connectivity index (χ4v) is 4.49. The van der Waals surface area contributed by atoms with Crippen LogP contribution in [0.4, 0.5) is 0 Å². The lowest BCUT2D eigenvalue weighted by molar-refractivity contribution is -0.124. The van der Waals surface area contributed by atoms with Crippen molar-refractivity contribution < 1.29 is 9.90 Å². The third kappa shape index (κ3) is 3.16. The van der Waals surface area contributed by atoms with Crippen LogP contribution in [0.1, 0.15) is 37.7 Å². The van der Waals surface area contributed by atoms with Crippen molar-refractivity contribution in [2.45, 2.75) is 38.1 Å². The van der Waals surface area contributed by atoms with Gasteiger partial charge in [0.25, 0.3) is 5.91 Å². The Kier molecular flexibility index (Phi) is 4.76. The second-order valence-electron chi connectivity index (χ2n) is 5.55. The Morgan fingerprint density at radius 3 is 2.77 bits per heavy atom. The molecule has 3 rings (SSSR count). The maximum absolute atomic E-state index is 12.7. The van der Waals surface area contributed by atoms with Crippen LogP contribution in [-0.2, 0) is 4.79 Å². The first-order chi connectivity index (χ1) is 10.6. The van der Waals surface area contributed by atoms with E-state index in [9.17, 15) is 9.90 Å². The van der Waals surface area contributed by atoms with Gasteiger partial charge in [0.05, 0.1) is 4.91 Å². The summed E-state index contributed by atoms with van der Waals surface area (Å²) >= 11 is 12.6. The number of halogens is 1. The van der Waals surface area contributed by atoms with Gasteiger partial charge in [-0.1, -0.05) is 54.8 Å². The molecule has 1 aliphatic carbocycles. The first kappa shape index (κ1) is 15.8. The van der Waals surface area contributed by atoms with E-state index in [0.29, 0.717) is 19.8 Å². The Labute approximate surface area is 144 Å². The van der Waals surface area contributed by atoms with E-state index < -0.39 is 0 Å². The Balaban J connectivity index is 1.86. The molecule has 116 valence electrons. The van der Waals surface area contributed by atoms with Crippen LogP contribution >= 0.6 is 35.6 Å². The molecule has 2 fully saturated rings. The summed E-state index contributed by atoms with van der Waals surface area (Å²) in [6.45, 7) is 0.